The lowest BCUT2D eigenvalue weighted by Gasteiger charge is -2.12. The number of carbonyl (C=O) groups excluding carboxylic acids is 2. The molecule has 0 aliphatic carbocycles. The minimum absolute atomic E-state index is 0.0577. The van der Waals surface area contributed by atoms with E-state index in [4.69, 9.17) is 4.74 Å². The number of aromatic nitrogens is 2. The summed E-state index contributed by atoms with van der Waals surface area (Å²) < 4.78 is 4.76. The zero-order valence-corrected chi connectivity index (χ0v) is 11.2. The molecule has 2 N–H and O–H groups in total. The van der Waals surface area contributed by atoms with Crippen molar-refractivity contribution < 1.29 is 14.3 Å². The average Bonchev–Trinajstić information content (AvgIpc) is 2.90. The van der Waals surface area contributed by atoms with Crippen molar-refractivity contribution in [3.05, 3.63) is 17.0 Å². The minimum atomic E-state index is -0.420. The largest absolute Gasteiger partial charge is 0.448 e. The monoisotopic (exact) mass is 266 g/mol. The summed E-state index contributed by atoms with van der Waals surface area (Å²) in [5, 5.41) is 9.80. The second-order valence-electron chi connectivity index (χ2n) is 4.55. The van der Waals surface area contributed by atoms with E-state index in [2.05, 4.69) is 15.5 Å². The van der Waals surface area contributed by atoms with Gasteiger partial charge in [0.15, 0.2) is 0 Å². The van der Waals surface area contributed by atoms with E-state index >= 15 is 0 Å². The first-order chi connectivity index (χ1) is 9.08. The van der Waals surface area contributed by atoms with E-state index in [0.717, 1.165) is 23.4 Å². The van der Waals surface area contributed by atoms with Gasteiger partial charge in [0.2, 0.25) is 5.91 Å². The molecule has 0 atom stereocenters. The van der Waals surface area contributed by atoms with Crippen molar-refractivity contribution in [1.82, 2.24) is 20.4 Å². The molecule has 1 fully saturated rings. The number of carbonyl (C=O) groups is 2. The van der Waals surface area contributed by atoms with Crippen molar-refractivity contribution in [2.45, 2.75) is 20.3 Å². The van der Waals surface area contributed by atoms with Gasteiger partial charge in [0.25, 0.3) is 0 Å². The Kier molecular flexibility index (Phi) is 4.03. The Morgan fingerprint density at radius 3 is 2.89 bits per heavy atom. The number of aryl methyl sites for hydroxylation is 2. The highest BCUT2D eigenvalue weighted by Crippen LogP contribution is 2.09. The maximum Gasteiger partial charge on any atom is 0.410 e. The SMILES string of the molecule is Cc1n[nH]c(C)c1CCNC(=O)CN1CCOC1=O. The van der Waals surface area contributed by atoms with E-state index in [1.807, 2.05) is 13.8 Å². The van der Waals surface area contributed by atoms with Crippen LogP contribution in [-0.2, 0) is 16.0 Å². The molecular weight excluding hydrogens is 248 g/mol. The molecule has 2 heterocycles. The highest BCUT2D eigenvalue weighted by Gasteiger charge is 2.23. The number of rotatable bonds is 5. The Labute approximate surface area is 111 Å². The molecule has 0 spiro atoms. The molecule has 7 nitrogen and oxygen atoms in total. The Balaban J connectivity index is 1.74. The van der Waals surface area contributed by atoms with Gasteiger partial charge in [-0.3, -0.25) is 14.8 Å². The fraction of sp³-hybridized carbons (Fsp3) is 0.583. The van der Waals surface area contributed by atoms with Gasteiger partial charge >= 0.3 is 6.09 Å². The standard InChI is InChI=1S/C12H18N4O3/c1-8-10(9(2)15-14-8)3-4-13-11(17)7-16-5-6-19-12(16)18/h3-7H2,1-2H3,(H,13,17)(H,14,15). The third kappa shape index (κ3) is 3.24. The Morgan fingerprint density at radius 1 is 1.53 bits per heavy atom. The summed E-state index contributed by atoms with van der Waals surface area (Å²) in [4.78, 5) is 24.2. The van der Waals surface area contributed by atoms with Crippen LogP contribution in [-0.4, -0.2) is 53.3 Å². The smallest absolute Gasteiger partial charge is 0.410 e. The Morgan fingerprint density at radius 2 is 2.32 bits per heavy atom. The molecule has 2 amide bonds. The number of amides is 2. The van der Waals surface area contributed by atoms with Crippen molar-refractivity contribution in [2.24, 2.45) is 0 Å². The van der Waals surface area contributed by atoms with E-state index in [1.165, 1.54) is 4.90 Å². The minimum Gasteiger partial charge on any atom is -0.448 e. The molecule has 7 heteroatoms. The summed E-state index contributed by atoms with van der Waals surface area (Å²) in [6.45, 7) is 5.31. The van der Waals surface area contributed by atoms with Crippen LogP contribution in [0.15, 0.2) is 0 Å². The second kappa shape index (κ2) is 5.73. The molecule has 0 aromatic carbocycles. The molecule has 19 heavy (non-hydrogen) atoms. The zero-order valence-electron chi connectivity index (χ0n) is 11.2. The van der Waals surface area contributed by atoms with Gasteiger partial charge in [-0.15, -0.1) is 0 Å². The lowest BCUT2D eigenvalue weighted by Crippen LogP contribution is -2.38. The molecule has 104 valence electrons. The number of ether oxygens (including phenoxy) is 1. The predicted octanol–water partition coefficient (Wildman–Crippen LogP) is 0.137. The molecule has 0 saturated carbocycles. The maximum atomic E-state index is 11.7. The molecular formula is C12H18N4O3. The van der Waals surface area contributed by atoms with Crippen molar-refractivity contribution >= 4 is 12.0 Å². The maximum absolute atomic E-state index is 11.7. The molecule has 1 aliphatic heterocycles. The first kappa shape index (κ1) is 13.4. The molecule has 0 radical (unpaired) electrons. The first-order valence-corrected chi connectivity index (χ1v) is 6.26. The average molecular weight is 266 g/mol. The Bertz CT molecular complexity index is 464. The van der Waals surface area contributed by atoms with Gasteiger partial charge in [0.05, 0.1) is 12.2 Å². The fourth-order valence-electron chi connectivity index (χ4n) is 2.07. The van der Waals surface area contributed by atoms with Gasteiger partial charge in [0.1, 0.15) is 13.2 Å². The quantitative estimate of drug-likeness (QED) is 0.793. The predicted molar refractivity (Wildman–Crippen MR) is 67.7 cm³/mol. The number of nitrogens with one attached hydrogen (secondary N) is 2. The first-order valence-electron chi connectivity index (χ1n) is 6.26. The van der Waals surface area contributed by atoms with E-state index in [1.54, 1.807) is 0 Å². The summed E-state index contributed by atoms with van der Waals surface area (Å²) in [7, 11) is 0. The van der Waals surface area contributed by atoms with Crippen LogP contribution < -0.4 is 5.32 Å². The number of hydrogen-bond donors (Lipinski definition) is 2. The number of H-pyrrole nitrogens is 1. The third-order valence-corrected chi connectivity index (χ3v) is 3.16. The summed E-state index contributed by atoms with van der Waals surface area (Å²) in [5.41, 5.74) is 3.10. The molecule has 1 saturated heterocycles. The molecule has 1 aliphatic rings. The van der Waals surface area contributed by atoms with Gasteiger partial charge < -0.3 is 10.1 Å². The van der Waals surface area contributed by atoms with Crippen LogP contribution in [0.25, 0.3) is 0 Å². The van der Waals surface area contributed by atoms with Gasteiger partial charge in [-0.05, 0) is 25.8 Å². The van der Waals surface area contributed by atoms with Crippen LogP contribution >= 0.6 is 0 Å². The summed E-state index contributed by atoms with van der Waals surface area (Å²) in [6, 6.07) is 0. The zero-order chi connectivity index (χ0) is 13.8. The molecule has 0 unspecified atom stereocenters. The third-order valence-electron chi connectivity index (χ3n) is 3.16. The fourth-order valence-corrected chi connectivity index (χ4v) is 2.07. The van der Waals surface area contributed by atoms with Crippen LogP contribution in [0.5, 0.6) is 0 Å². The van der Waals surface area contributed by atoms with Crippen molar-refractivity contribution in [3.8, 4) is 0 Å². The van der Waals surface area contributed by atoms with Gasteiger partial charge in [-0.25, -0.2) is 4.79 Å². The highest BCUT2D eigenvalue weighted by molar-refractivity contribution is 5.82. The molecule has 2 rings (SSSR count). The highest BCUT2D eigenvalue weighted by atomic mass is 16.6. The summed E-state index contributed by atoms with van der Waals surface area (Å²) >= 11 is 0. The number of nitrogens with zero attached hydrogens (tertiary/aromatic N) is 2. The van der Waals surface area contributed by atoms with Crippen LogP contribution in [0.4, 0.5) is 4.79 Å². The number of hydrogen-bond acceptors (Lipinski definition) is 4. The van der Waals surface area contributed by atoms with Gasteiger partial charge in [0, 0.05) is 12.2 Å². The van der Waals surface area contributed by atoms with E-state index in [-0.39, 0.29) is 12.5 Å². The summed E-state index contributed by atoms with van der Waals surface area (Å²) in [5.74, 6) is -0.169. The van der Waals surface area contributed by atoms with Crippen LogP contribution in [0.2, 0.25) is 0 Å². The van der Waals surface area contributed by atoms with Crippen molar-refractivity contribution in [1.29, 1.82) is 0 Å². The van der Waals surface area contributed by atoms with E-state index in [9.17, 15) is 9.59 Å². The second-order valence-corrected chi connectivity index (χ2v) is 4.55. The van der Waals surface area contributed by atoms with Crippen LogP contribution in [0.1, 0.15) is 17.0 Å². The number of cyclic esters (lactones) is 1. The molecule has 1 aromatic heterocycles. The summed E-state index contributed by atoms with van der Waals surface area (Å²) in [6.07, 6.45) is 0.307. The molecule has 0 bridgehead atoms. The van der Waals surface area contributed by atoms with Crippen LogP contribution in [0.3, 0.4) is 0 Å². The van der Waals surface area contributed by atoms with Gasteiger partial charge in [-0.2, -0.15) is 5.10 Å². The van der Waals surface area contributed by atoms with Gasteiger partial charge in [-0.1, -0.05) is 0 Å². The van der Waals surface area contributed by atoms with Crippen LogP contribution in [0, 0.1) is 13.8 Å². The normalized spacial score (nSPS) is 14.6. The van der Waals surface area contributed by atoms with Crippen molar-refractivity contribution in [2.75, 3.05) is 26.2 Å². The topological polar surface area (TPSA) is 87.3 Å². The lowest BCUT2D eigenvalue weighted by atomic mass is 10.1. The van der Waals surface area contributed by atoms with E-state index < -0.39 is 6.09 Å². The lowest BCUT2D eigenvalue weighted by molar-refractivity contribution is -0.121. The number of aromatic amines is 1. The van der Waals surface area contributed by atoms with E-state index in [0.29, 0.717) is 19.7 Å². The Hall–Kier alpha value is -2.05. The molecule has 1 aromatic rings. The van der Waals surface area contributed by atoms with Crippen molar-refractivity contribution in [3.63, 3.8) is 0 Å².